The number of hydrogen-bond donors (Lipinski definition) is 3. The number of amides is 3. The molecule has 0 aliphatic carbocycles. The minimum absolute atomic E-state index is 0.0410. The van der Waals surface area contributed by atoms with Crippen LogP contribution in [0.25, 0.3) is 11.0 Å². The molecule has 1 aromatic heterocycles. The first kappa shape index (κ1) is 21.4. The Morgan fingerprint density at radius 2 is 2.10 bits per heavy atom. The second-order valence-corrected chi connectivity index (χ2v) is 8.09. The van der Waals surface area contributed by atoms with Gasteiger partial charge in [-0.25, -0.2) is 0 Å². The first-order chi connectivity index (χ1) is 14.3. The predicted octanol–water partition coefficient (Wildman–Crippen LogP) is 2.20. The minimum Gasteiger partial charge on any atom is -0.451 e. The second kappa shape index (κ2) is 8.99. The molecule has 2 aromatic rings. The number of hydrogen-bond acceptors (Lipinski definition) is 5. The van der Waals surface area contributed by atoms with Crippen LogP contribution in [-0.2, 0) is 9.59 Å². The summed E-state index contributed by atoms with van der Waals surface area (Å²) in [4.78, 5) is 37.2. The van der Waals surface area contributed by atoms with E-state index in [2.05, 4.69) is 16.7 Å². The Bertz CT molecular complexity index is 1000. The topological polar surface area (TPSA) is 138 Å². The zero-order valence-corrected chi connectivity index (χ0v) is 17.1. The van der Waals surface area contributed by atoms with E-state index in [9.17, 15) is 19.6 Å². The summed E-state index contributed by atoms with van der Waals surface area (Å²) in [5.41, 5.74) is 6.46. The molecule has 1 aromatic carbocycles. The normalized spacial score (nSPS) is 18.1. The molecule has 3 rings (SSSR count). The van der Waals surface area contributed by atoms with E-state index in [1.165, 1.54) is 0 Å². The van der Waals surface area contributed by atoms with E-state index in [-0.39, 0.29) is 35.8 Å². The summed E-state index contributed by atoms with van der Waals surface area (Å²) in [5, 5.41) is 15.7. The third-order valence-electron chi connectivity index (χ3n) is 5.39. The van der Waals surface area contributed by atoms with Crippen LogP contribution in [-0.4, -0.2) is 30.3 Å². The first-order valence-electron chi connectivity index (χ1n) is 10.1. The lowest BCUT2D eigenvalue weighted by Crippen LogP contribution is -2.40. The van der Waals surface area contributed by atoms with Gasteiger partial charge in [-0.2, -0.15) is 5.26 Å². The first-order valence-corrected chi connectivity index (χ1v) is 10.1. The summed E-state index contributed by atoms with van der Waals surface area (Å²) in [6.07, 6.45) is 1.33. The Morgan fingerprint density at radius 3 is 2.70 bits per heavy atom. The van der Waals surface area contributed by atoms with E-state index in [0.717, 1.165) is 0 Å². The van der Waals surface area contributed by atoms with Crippen molar-refractivity contribution in [2.75, 3.05) is 6.54 Å². The maximum absolute atomic E-state index is 13.3. The number of rotatable bonds is 8. The Labute approximate surface area is 174 Å². The fraction of sp³-hybridized carbons (Fsp3) is 0.455. The molecule has 0 saturated carbocycles. The maximum Gasteiger partial charge on any atom is 0.284 e. The summed E-state index contributed by atoms with van der Waals surface area (Å²) in [6, 6.07) is 8.34. The highest BCUT2D eigenvalue weighted by Gasteiger charge is 2.33. The van der Waals surface area contributed by atoms with Gasteiger partial charge < -0.3 is 20.8 Å². The summed E-state index contributed by atoms with van der Waals surface area (Å²) < 4.78 is 5.65. The Hall–Kier alpha value is -3.34. The molecule has 8 heteroatoms. The maximum atomic E-state index is 13.3. The molecular formula is C22H26N4O4. The molecule has 4 N–H and O–H groups in total. The average Bonchev–Trinajstić information content (AvgIpc) is 3.28. The summed E-state index contributed by atoms with van der Waals surface area (Å²) in [5.74, 6) is -2.15. The van der Waals surface area contributed by atoms with Gasteiger partial charge in [-0.15, -0.1) is 0 Å². The van der Waals surface area contributed by atoms with Crippen LogP contribution in [0.5, 0.6) is 0 Å². The molecule has 1 saturated heterocycles. The number of nitrogens with one attached hydrogen (secondary N) is 2. The largest absolute Gasteiger partial charge is 0.451 e. The van der Waals surface area contributed by atoms with Gasteiger partial charge in [0.25, 0.3) is 5.91 Å². The van der Waals surface area contributed by atoms with Crippen LogP contribution in [0, 0.1) is 23.2 Å². The standard InChI is InChI=1S/C22H26N4O4/c1-12(2)9-16(18-15-5-3-4-6-17(15)30-19(18)20(24)27)22(29)26-14(11-23)10-13-7-8-25-21(13)28/h3-6,12-14,16H,7-10H2,1-2H3,(H2,24,27)(H,25,28)(H,26,29)/t13-,14-,16-/m0/s1. The van der Waals surface area contributed by atoms with Crippen LogP contribution in [0.15, 0.2) is 28.7 Å². The molecule has 3 atom stereocenters. The molecule has 1 aliphatic rings. The van der Waals surface area contributed by atoms with E-state index in [4.69, 9.17) is 10.2 Å². The van der Waals surface area contributed by atoms with Crippen LogP contribution in [0.3, 0.4) is 0 Å². The molecule has 1 aliphatic heterocycles. The van der Waals surface area contributed by atoms with Crippen LogP contribution in [0.2, 0.25) is 0 Å². The highest BCUT2D eigenvalue weighted by molar-refractivity contribution is 6.02. The van der Waals surface area contributed by atoms with Gasteiger partial charge in [0.15, 0.2) is 5.76 Å². The molecular weight excluding hydrogens is 384 g/mol. The SMILES string of the molecule is CC(C)C[C@H](C(=O)N[C@H](C#N)C[C@@H]1CCNC1=O)c1c(C(N)=O)oc2ccccc12. The lowest BCUT2D eigenvalue weighted by Gasteiger charge is -2.22. The Kier molecular flexibility index (Phi) is 6.40. The number of carbonyl (C=O) groups excluding carboxylic acids is 3. The molecule has 2 heterocycles. The van der Waals surface area contributed by atoms with Crippen molar-refractivity contribution in [3.63, 3.8) is 0 Å². The van der Waals surface area contributed by atoms with Crippen molar-refractivity contribution in [2.45, 2.75) is 45.1 Å². The van der Waals surface area contributed by atoms with E-state index >= 15 is 0 Å². The van der Waals surface area contributed by atoms with Crippen LogP contribution in [0.1, 0.15) is 55.1 Å². The third kappa shape index (κ3) is 4.46. The van der Waals surface area contributed by atoms with Crippen LogP contribution < -0.4 is 16.4 Å². The Balaban J connectivity index is 1.92. The quantitative estimate of drug-likeness (QED) is 0.612. The van der Waals surface area contributed by atoms with Gasteiger partial charge in [0, 0.05) is 23.4 Å². The van der Waals surface area contributed by atoms with Crippen molar-refractivity contribution < 1.29 is 18.8 Å². The molecule has 0 radical (unpaired) electrons. The number of benzene rings is 1. The molecule has 0 unspecified atom stereocenters. The van der Waals surface area contributed by atoms with E-state index in [1.54, 1.807) is 24.3 Å². The van der Waals surface area contributed by atoms with Crippen molar-refractivity contribution >= 4 is 28.7 Å². The van der Waals surface area contributed by atoms with Crippen molar-refractivity contribution in [2.24, 2.45) is 17.6 Å². The van der Waals surface area contributed by atoms with Crippen LogP contribution >= 0.6 is 0 Å². The predicted molar refractivity (Wildman–Crippen MR) is 110 cm³/mol. The van der Waals surface area contributed by atoms with Crippen molar-refractivity contribution in [1.29, 1.82) is 5.26 Å². The smallest absolute Gasteiger partial charge is 0.284 e. The number of nitrogens with two attached hydrogens (primary N) is 1. The number of fused-ring (bicyclic) bond motifs is 1. The average molecular weight is 410 g/mol. The summed E-state index contributed by atoms with van der Waals surface area (Å²) in [7, 11) is 0. The molecule has 3 amide bonds. The van der Waals surface area contributed by atoms with Crippen molar-refractivity contribution in [1.82, 2.24) is 10.6 Å². The van der Waals surface area contributed by atoms with E-state index < -0.39 is 17.9 Å². The van der Waals surface area contributed by atoms with Crippen molar-refractivity contribution in [3.05, 3.63) is 35.6 Å². The van der Waals surface area contributed by atoms with Gasteiger partial charge in [-0.1, -0.05) is 32.0 Å². The van der Waals surface area contributed by atoms with E-state index in [1.807, 2.05) is 13.8 Å². The van der Waals surface area contributed by atoms with Gasteiger partial charge in [0.2, 0.25) is 11.8 Å². The second-order valence-electron chi connectivity index (χ2n) is 8.09. The fourth-order valence-electron chi connectivity index (χ4n) is 3.99. The summed E-state index contributed by atoms with van der Waals surface area (Å²) in [6.45, 7) is 4.52. The highest BCUT2D eigenvalue weighted by atomic mass is 16.3. The number of nitriles is 1. The van der Waals surface area contributed by atoms with Crippen LogP contribution in [0.4, 0.5) is 0 Å². The third-order valence-corrected chi connectivity index (χ3v) is 5.39. The zero-order valence-electron chi connectivity index (χ0n) is 17.1. The molecule has 158 valence electrons. The van der Waals surface area contributed by atoms with Gasteiger partial charge in [-0.3, -0.25) is 14.4 Å². The van der Waals surface area contributed by atoms with Gasteiger partial charge in [0.05, 0.1) is 12.0 Å². The number of primary amides is 1. The lowest BCUT2D eigenvalue weighted by molar-refractivity contribution is -0.125. The summed E-state index contributed by atoms with van der Waals surface area (Å²) >= 11 is 0. The molecule has 30 heavy (non-hydrogen) atoms. The zero-order chi connectivity index (χ0) is 21.8. The highest BCUT2D eigenvalue weighted by Crippen LogP contribution is 2.35. The minimum atomic E-state index is -0.809. The molecule has 0 spiro atoms. The number of carbonyl (C=O) groups is 3. The number of nitrogens with zero attached hydrogens (tertiary/aromatic N) is 1. The molecule has 0 bridgehead atoms. The molecule has 1 fully saturated rings. The van der Waals surface area contributed by atoms with Crippen molar-refractivity contribution in [3.8, 4) is 6.07 Å². The lowest BCUT2D eigenvalue weighted by atomic mass is 9.87. The Morgan fingerprint density at radius 1 is 1.37 bits per heavy atom. The molecule has 8 nitrogen and oxygen atoms in total. The number of furan rings is 1. The van der Waals surface area contributed by atoms with Gasteiger partial charge in [-0.05, 0) is 31.2 Å². The van der Waals surface area contributed by atoms with Gasteiger partial charge >= 0.3 is 0 Å². The van der Waals surface area contributed by atoms with Gasteiger partial charge in [0.1, 0.15) is 11.6 Å². The number of para-hydroxylation sites is 1. The monoisotopic (exact) mass is 410 g/mol. The van der Waals surface area contributed by atoms with E-state index in [0.29, 0.717) is 35.9 Å². The fourth-order valence-corrected chi connectivity index (χ4v) is 3.99.